The number of cyclic esters (lactones) is 1. The second-order valence-corrected chi connectivity index (χ2v) is 6.66. The first-order valence-electron chi connectivity index (χ1n) is 9.44. The lowest BCUT2D eigenvalue weighted by Gasteiger charge is -2.22. The smallest absolute Gasteiger partial charge is 0.410 e. The van der Waals surface area contributed by atoms with E-state index in [1.165, 1.54) is 0 Å². The molecule has 4 nitrogen and oxygen atoms in total. The Morgan fingerprint density at radius 2 is 2.07 bits per heavy atom. The maximum Gasteiger partial charge on any atom is 0.410 e. The summed E-state index contributed by atoms with van der Waals surface area (Å²) in [6.45, 7) is 11.0. The van der Waals surface area contributed by atoms with Gasteiger partial charge >= 0.3 is 6.09 Å². The van der Waals surface area contributed by atoms with E-state index in [-0.39, 0.29) is 24.3 Å². The molecule has 0 aromatic heterocycles. The van der Waals surface area contributed by atoms with Gasteiger partial charge in [0.25, 0.3) is 0 Å². The molecule has 0 spiro atoms. The fraction of sp³-hybridized carbons (Fsp3) is 0.348. The SMILES string of the molecule is C=C\C=C/C(=C\C=C/C)C(C)NCC1CN(C(C)c2ccccc2)C(=O)O1. The number of carbonyl (C=O) groups is 1. The highest BCUT2D eigenvalue weighted by molar-refractivity contribution is 5.70. The van der Waals surface area contributed by atoms with Crippen molar-refractivity contribution in [2.75, 3.05) is 13.1 Å². The second-order valence-electron chi connectivity index (χ2n) is 6.66. The van der Waals surface area contributed by atoms with E-state index in [4.69, 9.17) is 4.74 Å². The van der Waals surface area contributed by atoms with Gasteiger partial charge in [0.15, 0.2) is 0 Å². The average molecular weight is 367 g/mol. The van der Waals surface area contributed by atoms with Crippen molar-refractivity contribution in [3.8, 4) is 0 Å². The van der Waals surface area contributed by atoms with Gasteiger partial charge in [-0.15, -0.1) is 0 Å². The lowest BCUT2D eigenvalue weighted by molar-refractivity contribution is 0.127. The molecule has 1 aliphatic rings. The van der Waals surface area contributed by atoms with Crippen LogP contribution in [0.25, 0.3) is 0 Å². The Morgan fingerprint density at radius 1 is 1.33 bits per heavy atom. The monoisotopic (exact) mass is 366 g/mol. The van der Waals surface area contributed by atoms with Crippen molar-refractivity contribution in [1.82, 2.24) is 10.2 Å². The summed E-state index contributed by atoms with van der Waals surface area (Å²) < 4.78 is 5.57. The Hall–Kier alpha value is -2.59. The predicted molar refractivity (Wildman–Crippen MR) is 112 cm³/mol. The fourth-order valence-corrected chi connectivity index (χ4v) is 3.03. The van der Waals surface area contributed by atoms with Crippen LogP contribution in [0.1, 0.15) is 32.4 Å². The van der Waals surface area contributed by atoms with E-state index < -0.39 is 0 Å². The van der Waals surface area contributed by atoms with Crippen LogP contribution in [-0.2, 0) is 4.74 Å². The summed E-state index contributed by atoms with van der Waals surface area (Å²) in [5.74, 6) is 0. The minimum Gasteiger partial charge on any atom is -0.443 e. The van der Waals surface area contributed by atoms with E-state index in [9.17, 15) is 4.79 Å². The minimum absolute atomic E-state index is 0.00166. The molecule has 3 unspecified atom stereocenters. The maximum absolute atomic E-state index is 12.3. The molecule has 1 heterocycles. The van der Waals surface area contributed by atoms with Crippen LogP contribution in [0.3, 0.4) is 0 Å². The van der Waals surface area contributed by atoms with Gasteiger partial charge in [-0.1, -0.05) is 73.4 Å². The molecule has 144 valence electrons. The topological polar surface area (TPSA) is 41.6 Å². The first-order valence-corrected chi connectivity index (χ1v) is 9.44. The third-order valence-electron chi connectivity index (χ3n) is 4.71. The average Bonchev–Trinajstić information content (AvgIpc) is 3.07. The third-order valence-corrected chi connectivity index (χ3v) is 4.71. The summed E-state index contributed by atoms with van der Waals surface area (Å²) in [6.07, 6.45) is 11.4. The van der Waals surface area contributed by atoms with Gasteiger partial charge in [-0.2, -0.15) is 0 Å². The van der Waals surface area contributed by atoms with Crippen molar-refractivity contribution < 1.29 is 9.53 Å². The van der Waals surface area contributed by atoms with Gasteiger partial charge in [0, 0.05) is 12.6 Å². The molecule has 4 heteroatoms. The number of amides is 1. The van der Waals surface area contributed by atoms with Crippen LogP contribution in [0.2, 0.25) is 0 Å². The molecule has 0 bridgehead atoms. The molecule has 0 radical (unpaired) electrons. The fourth-order valence-electron chi connectivity index (χ4n) is 3.03. The molecular formula is C23H30N2O2. The molecule has 1 aliphatic heterocycles. The van der Waals surface area contributed by atoms with Crippen LogP contribution in [0.4, 0.5) is 4.79 Å². The van der Waals surface area contributed by atoms with Crippen LogP contribution in [0.5, 0.6) is 0 Å². The van der Waals surface area contributed by atoms with E-state index in [1.807, 2.05) is 68.5 Å². The number of nitrogens with zero attached hydrogens (tertiary/aromatic N) is 1. The van der Waals surface area contributed by atoms with Gasteiger partial charge in [-0.05, 0) is 31.9 Å². The third kappa shape index (κ3) is 5.97. The lowest BCUT2D eigenvalue weighted by atomic mass is 10.1. The van der Waals surface area contributed by atoms with Crippen LogP contribution in [-0.4, -0.2) is 36.2 Å². The zero-order valence-corrected chi connectivity index (χ0v) is 16.5. The summed E-state index contributed by atoms with van der Waals surface area (Å²) in [5, 5.41) is 3.47. The molecule has 1 aromatic carbocycles. The molecule has 1 N–H and O–H groups in total. The highest BCUT2D eigenvalue weighted by Gasteiger charge is 2.34. The predicted octanol–water partition coefficient (Wildman–Crippen LogP) is 4.79. The normalized spacial score (nSPS) is 20.3. The zero-order chi connectivity index (χ0) is 19.6. The summed E-state index contributed by atoms with van der Waals surface area (Å²) in [4.78, 5) is 14.1. The van der Waals surface area contributed by atoms with Crippen molar-refractivity contribution >= 4 is 6.09 Å². The van der Waals surface area contributed by atoms with Crippen LogP contribution >= 0.6 is 0 Å². The molecule has 1 amide bonds. The molecule has 0 aliphatic carbocycles. The number of carbonyl (C=O) groups excluding carboxylic acids is 1. The van der Waals surface area contributed by atoms with Crippen molar-refractivity contribution in [3.05, 3.63) is 84.5 Å². The van der Waals surface area contributed by atoms with Gasteiger partial charge in [0.1, 0.15) is 6.10 Å². The summed E-state index contributed by atoms with van der Waals surface area (Å²) in [7, 11) is 0. The van der Waals surface area contributed by atoms with Crippen molar-refractivity contribution in [2.24, 2.45) is 0 Å². The molecule has 3 atom stereocenters. The van der Waals surface area contributed by atoms with Crippen LogP contribution in [0.15, 0.2) is 78.9 Å². The largest absolute Gasteiger partial charge is 0.443 e. The Kier molecular flexibility index (Phi) is 8.08. The number of allylic oxidation sites excluding steroid dienone is 5. The highest BCUT2D eigenvalue weighted by Crippen LogP contribution is 2.25. The summed E-state index contributed by atoms with van der Waals surface area (Å²) >= 11 is 0. The molecule has 2 rings (SSSR count). The van der Waals surface area contributed by atoms with E-state index in [2.05, 4.69) is 24.9 Å². The summed E-state index contributed by atoms with van der Waals surface area (Å²) in [6, 6.07) is 10.2. The minimum atomic E-state index is -0.248. The summed E-state index contributed by atoms with van der Waals surface area (Å²) in [5.41, 5.74) is 2.26. The molecular weight excluding hydrogens is 336 g/mol. The number of benzene rings is 1. The Bertz CT molecular complexity index is 706. The van der Waals surface area contributed by atoms with E-state index in [0.717, 1.165) is 11.1 Å². The molecule has 1 aromatic rings. The van der Waals surface area contributed by atoms with Crippen molar-refractivity contribution in [3.63, 3.8) is 0 Å². The zero-order valence-electron chi connectivity index (χ0n) is 16.5. The number of hydrogen-bond donors (Lipinski definition) is 1. The number of ether oxygens (including phenoxy) is 1. The van der Waals surface area contributed by atoms with E-state index in [1.54, 1.807) is 11.0 Å². The maximum atomic E-state index is 12.3. The molecule has 1 fully saturated rings. The Morgan fingerprint density at radius 3 is 2.74 bits per heavy atom. The number of hydrogen-bond acceptors (Lipinski definition) is 3. The molecule has 27 heavy (non-hydrogen) atoms. The van der Waals surface area contributed by atoms with Gasteiger partial charge in [0.2, 0.25) is 0 Å². The Balaban J connectivity index is 1.93. The van der Waals surface area contributed by atoms with E-state index >= 15 is 0 Å². The standard InChI is InChI=1S/C23H30N2O2/c1-5-7-12-20(13-8-6-2)18(3)24-16-22-17-25(23(26)27-22)19(4)21-14-10-9-11-15-21/h5-15,18-19,22,24H,1,16-17H2,2-4H3/b8-6-,12-7-,20-13+. The lowest BCUT2D eigenvalue weighted by Crippen LogP contribution is -2.37. The van der Waals surface area contributed by atoms with E-state index in [0.29, 0.717) is 13.1 Å². The Labute approximate surface area is 162 Å². The van der Waals surface area contributed by atoms with Gasteiger partial charge in [-0.25, -0.2) is 4.79 Å². The second kappa shape index (κ2) is 10.5. The molecule has 0 saturated carbocycles. The first-order chi connectivity index (χ1) is 13.1. The van der Waals surface area contributed by atoms with Crippen molar-refractivity contribution in [1.29, 1.82) is 0 Å². The highest BCUT2D eigenvalue weighted by atomic mass is 16.6. The van der Waals surface area contributed by atoms with Crippen LogP contribution < -0.4 is 5.32 Å². The van der Waals surface area contributed by atoms with Crippen LogP contribution in [0, 0.1) is 0 Å². The van der Waals surface area contributed by atoms with Gasteiger partial charge < -0.3 is 10.1 Å². The number of rotatable bonds is 9. The quantitative estimate of drug-likeness (QED) is 0.639. The molecule has 1 saturated heterocycles. The van der Waals surface area contributed by atoms with Gasteiger partial charge in [-0.3, -0.25) is 4.90 Å². The van der Waals surface area contributed by atoms with Crippen molar-refractivity contribution in [2.45, 2.75) is 39.0 Å². The first kappa shape index (κ1) is 20.7. The number of nitrogens with one attached hydrogen (secondary N) is 1. The van der Waals surface area contributed by atoms with Gasteiger partial charge in [0.05, 0.1) is 12.6 Å².